The molecule has 7 nitrogen and oxygen atoms in total. The molecule has 0 spiro atoms. The highest BCUT2D eigenvalue weighted by Gasteiger charge is 2.33. The standard InChI is InChI=1S/C28H24ClFN2O5S/c1-5-12-37-25-20(29)13-17(14-21(25)35-6-2)15-22-26(33)32-24(18-8-10-19(30)11-9-18)23(27(34)36-7-3)16(4)31-28(32)38-22/h1,8-11,13-15,24H,6-7,12H2,2-4H3/b22-15-/t24-/m0/s1. The van der Waals surface area contributed by atoms with Crippen molar-refractivity contribution < 1.29 is 23.4 Å². The summed E-state index contributed by atoms with van der Waals surface area (Å²) in [6, 6.07) is 8.15. The van der Waals surface area contributed by atoms with E-state index in [9.17, 15) is 14.0 Å². The zero-order chi connectivity index (χ0) is 27.4. The molecular weight excluding hydrogens is 531 g/mol. The van der Waals surface area contributed by atoms with E-state index in [1.807, 2.05) is 6.92 Å². The number of benzene rings is 2. The van der Waals surface area contributed by atoms with E-state index in [1.165, 1.54) is 28.8 Å². The van der Waals surface area contributed by atoms with Crippen LogP contribution in [0.4, 0.5) is 4.39 Å². The van der Waals surface area contributed by atoms with Crippen LogP contribution in [0.25, 0.3) is 6.08 Å². The van der Waals surface area contributed by atoms with Gasteiger partial charge in [-0.15, -0.1) is 6.42 Å². The van der Waals surface area contributed by atoms with Crippen LogP contribution in [0, 0.1) is 18.2 Å². The van der Waals surface area contributed by atoms with Gasteiger partial charge in [-0.3, -0.25) is 9.36 Å². The molecule has 2 aromatic carbocycles. The lowest BCUT2D eigenvalue weighted by Crippen LogP contribution is -2.39. The van der Waals surface area contributed by atoms with E-state index < -0.39 is 17.8 Å². The second kappa shape index (κ2) is 11.7. The first-order chi connectivity index (χ1) is 18.3. The monoisotopic (exact) mass is 554 g/mol. The summed E-state index contributed by atoms with van der Waals surface area (Å²) < 4.78 is 32.0. The van der Waals surface area contributed by atoms with Gasteiger partial charge in [0.15, 0.2) is 16.3 Å². The molecule has 1 atom stereocenters. The lowest BCUT2D eigenvalue weighted by Gasteiger charge is -2.24. The van der Waals surface area contributed by atoms with Crippen LogP contribution in [0.5, 0.6) is 11.5 Å². The van der Waals surface area contributed by atoms with Crippen LogP contribution in [0.3, 0.4) is 0 Å². The van der Waals surface area contributed by atoms with E-state index in [-0.39, 0.29) is 29.4 Å². The number of rotatable bonds is 8. The van der Waals surface area contributed by atoms with Gasteiger partial charge in [-0.1, -0.05) is 41.0 Å². The Bertz CT molecular complexity index is 1630. The number of carbonyl (C=O) groups excluding carboxylic acids is 1. The minimum atomic E-state index is -0.838. The van der Waals surface area contributed by atoms with Gasteiger partial charge in [0.1, 0.15) is 12.4 Å². The number of halogens is 2. The number of aromatic nitrogens is 1. The molecule has 1 aliphatic heterocycles. The van der Waals surface area contributed by atoms with Crippen LogP contribution in [0.1, 0.15) is 37.9 Å². The second-order valence-corrected chi connectivity index (χ2v) is 9.53. The Hall–Kier alpha value is -3.87. The van der Waals surface area contributed by atoms with Gasteiger partial charge >= 0.3 is 5.97 Å². The van der Waals surface area contributed by atoms with Crippen molar-refractivity contribution in [3.63, 3.8) is 0 Å². The van der Waals surface area contributed by atoms with Crippen LogP contribution >= 0.6 is 22.9 Å². The zero-order valence-corrected chi connectivity index (χ0v) is 22.5. The number of fused-ring (bicyclic) bond motifs is 1. The molecule has 1 aromatic heterocycles. The number of terminal acetylenes is 1. The van der Waals surface area contributed by atoms with Crippen LogP contribution in [-0.4, -0.2) is 30.4 Å². The normalized spacial score (nSPS) is 14.9. The Morgan fingerprint density at radius 1 is 1.24 bits per heavy atom. The second-order valence-electron chi connectivity index (χ2n) is 8.11. The van der Waals surface area contributed by atoms with Gasteiger partial charge in [0.05, 0.1) is 40.1 Å². The van der Waals surface area contributed by atoms with Crippen molar-refractivity contribution in [1.82, 2.24) is 4.57 Å². The van der Waals surface area contributed by atoms with Crippen molar-refractivity contribution >= 4 is 35.0 Å². The molecule has 0 radical (unpaired) electrons. The highest BCUT2D eigenvalue weighted by Crippen LogP contribution is 2.37. The average molecular weight is 555 g/mol. The molecule has 0 aliphatic carbocycles. The van der Waals surface area contributed by atoms with Crippen LogP contribution in [0.15, 0.2) is 57.5 Å². The average Bonchev–Trinajstić information content (AvgIpc) is 3.17. The van der Waals surface area contributed by atoms with Gasteiger partial charge in [-0.2, -0.15) is 0 Å². The number of ether oxygens (including phenoxy) is 3. The molecule has 3 aromatic rings. The van der Waals surface area contributed by atoms with E-state index in [4.69, 9.17) is 32.2 Å². The van der Waals surface area contributed by atoms with Crippen molar-refractivity contribution in [3.05, 3.63) is 89.3 Å². The van der Waals surface area contributed by atoms with Gasteiger partial charge in [0, 0.05) is 0 Å². The van der Waals surface area contributed by atoms with Crippen molar-refractivity contribution in [2.45, 2.75) is 26.8 Å². The third kappa shape index (κ3) is 5.37. The number of nitrogens with zero attached hydrogens (tertiary/aromatic N) is 2. The molecule has 196 valence electrons. The molecule has 2 heterocycles. The van der Waals surface area contributed by atoms with Crippen LogP contribution in [-0.2, 0) is 9.53 Å². The predicted octanol–water partition coefficient (Wildman–Crippen LogP) is 4.00. The molecule has 0 fully saturated rings. The topological polar surface area (TPSA) is 79.1 Å². The lowest BCUT2D eigenvalue weighted by molar-refractivity contribution is -0.139. The third-order valence-corrected chi connectivity index (χ3v) is 6.90. The van der Waals surface area contributed by atoms with Crippen molar-refractivity contribution in [2.75, 3.05) is 19.8 Å². The summed E-state index contributed by atoms with van der Waals surface area (Å²) in [5, 5.41) is 0.273. The molecule has 0 unspecified atom stereocenters. The number of hydrogen-bond acceptors (Lipinski definition) is 7. The lowest BCUT2D eigenvalue weighted by atomic mass is 9.96. The first kappa shape index (κ1) is 27.2. The SMILES string of the molecule is C#CCOc1c(Cl)cc(/C=c2\sc3n(c2=O)[C@@H](c2ccc(F)cc2)C(C(=O)OCC)=C(C)N=3)cc1OCC. The minimum Gasteiger partial charge on any atom is -0.490 e. The van der Waals surface area contributed by atoms with Gasteiger partial charge in [0.2, 0.25) is 0 Å². The summed E-state index contributed by atoms with van der Waals surface area (Å²) in [6.45, 7) is 5.73. The van der Waals surface area contributed by atoms with E-state index in [0.717, 1.165) is 11.3 Å². The number of thiazole rings is 1. The molecule has 0 saturated carbocycles. The fourth-order valence-corrected chi connectivity index (χ4v) is 5.41. The first-order valence-corrected chi connectivity index (χ1v) is 13.0. The Morgan fingerprint density at radius 3 is 2.63 bits per heavy atom. The van der Waals surface area contributed by atoms with Crippen molar-refractivity contribution in [2.24, 2.45) is 4.99 Å². The number of carbonyl (C=O) groups is 1. The molecule has 0 saturated heterocycles. The summed E-state index contributed by atoms with van der Waals surface area (Å²) >= 11 is 7.61. The molecular formula is C28H24ClFN2O5S. The Kier molecular flexibility index (Phi) is 8.35. The van der Waals surface area contributed by atoms with Crippen molar-refractivity contribution in [1.29, 1.82) is 0 Å². The molecule has 1 aliphatic rings. The third-order valence-electron chi connectivity index (χ3n) is 5.63. The summed E-state index contributed by atoms with van der Waals surface area (Å²) in [5.74, 6) is 2.07. The number of hydrogen-bond donors (Lipinski definition) is 0. The maximum absolute atomic E-state index is 13.7. The Labute approximate surface area is 227 Å². The quantitative estimate of drug-likeness (QED) is 0.311. The molecule has 0 N–H and O–H groups in total. The summed E-state index contributed by atoms with van der Waals surface area (Å²) in [4.78, 5) is 31.6. The largest absolute Gasteiger partial charge is 0.490 e. The Morgan fingerprint density at radius 2 is 1.97 bits per heavy atom. The van der Waals surface area contributed by atoms with Gasteiger partial charge in [-0.05, 0) is 62.2 Å². The highest BCUT2D eigenvalue weighted by molar-refractivity contribution is 7.07. The maximum Gasteiger partial charge on any atom is 0.338 e. The number of esters is 1. The maximum atomic E-state index is 13.7. The fourth-order valence-electron chi connectivity index (χ4n) is 4.09. The van der Waals surface area contributed by atoms with Crippen molar-refractivity contribution in [3.8, 4) is 23.8 Å². The van der Waals surface area contributed by atoms with E-state index >= 15 is 0 Å². The van der Waals surface area contributed by atoms with Gasteiger partial charge in [0.25, 0.3) is 5.56 Å². The van der Waals surface area contributed by atoms with Gasteiger partial charge < -0.3 is 14.2 Å². The van der Waals surface area contributed by atoms with E-state index in [1.54, 1.807) is 32.1 Å². The smallest absolute Gasteiger partial charge is 0.338 e. The predicted molar refractivity (Wildman–Crippen MR) is 144 cm³/mol. The molecule has 4 rings (SSSR count). The summed E-state index contributed by atoms with van der Waals surface area (Å²) in [7, 11) is 0. The Balaban J connectivity index is 1.90. The van der Waals surface area contributed by atoms with Crippen LogP contribution < -0.4 is 24.4 Å². The minimum absolute atomic E-state index is 0.0171. The molecule has 38 heavy (non-hydrogen) atoms. The zero-order valence-electron chi connectivity index (χ0n) is 20.9. The van der Waals surface area contributed by atoms with Crippen LogP contribution in [0.2, 0.25) is 5.02 Å². The number of allylic oxidation sites excluding steroid dienone is 1. The van der Waals surface area contributed by atoms with E-state index in [0.29, 0.717) is 44.3 Å². The molecule has 10 heteroatoms. The van der Waals surface area contributed by atoms with E-state index in [2.05, 4.69) is 10.9 Å². The highest BCUT2D eigenvalue weighted by atomic mass is 35.5. The van der Waals surface area contributed by atoms with Gasteiger partial charge in [-0.25, -0.2) is 14.2 Å². The first-order valence-electron chi connectivity index (χ1n) is 11.8. The summed E-state index contributed by atoms with van der Waals surface area (Å²) in [6.07, 6.45) is 6.96. The molecule has 0 amide bonds. The summed E-state index contributed by atoms with van der Waals surface area (Å²) in [5.41, 5.74) is 1.40. The molecule has 0 bridgehead atoms. The fraction of sp³-hybridized carbons (Fsp3) is 0.250.